The van der Waals surface area contributed by atoms with Crippen LogP contribution in [0.15, 0.2) is 18.5 Å². The van der Waals surface area contributed by atoms with Gasteiger partial charge in [-0.25, -0.2) is 9.97 Å². The van der Waals surface area contributed by atoms with Gasteiger partial charge >= 0.3 is 0 Å². The number of nitrogens with one attached hydrogen (secondary N) is 2. The highest BCUT2D eigenvalue weighted by Gasteiger charge is 2.45. The third-order valence-corrected chi connectivity index (χ3v) is 6.88. The molecule has 9 heteroatoms. The molecule has 2 aliphatic rings. The molecule has 4 N–H and O–H groups in total. The lowest BCUT2D eigenvalue weighted by Crippen LogP contribution is -2.47. The van der Waals surface area contributed by atoms with E-state index in [0.29, 0.717) is 30.6 Å². The van der Waals surface area contributed by atoms with Crippen LogP contribution in [0.5, 0.6) is 0 Å². The molecule has 0 bridgehead atoms. The van der Waals surface area contributed by atoms with Crippen molar-refractivity contribution < 1.29 is 10.2 Å². The molecule has 2 fully saturated rings. The summed E-state index contributed by atoms with van der Waals surface area (Å²) in [6.45, 7) is 3.62. The normalized spacial score (nSPS) is 26.8. The summed E-state index contributed by atoms with van der Waals surface area (Å²) >= 11 is 1.57. The van der Waals surface area contributed by atoms with Crippen molar-refractivity contribution in [2.75, 3.05) is 10.6 Å². The van der Waals surface area contributed by atoms with Crippen LogP contribution >= 0.6 is 11.3 Å². The lowest BCUT2D eigenvalue weighted by atomic mass is 9.98. The number of aliphatic hydroxyl groups excluding tert-OH is 1. The van der Waals surface area contributed by atoms with Crippen LogP contribution in [-0.4, -0.2) is 53.9 Å². The van der Waals surface area contributed by atoms with Crippen molar-refractivity contribution in [3.8, 4) is 10.6 Å². The molecule has 0 spiro atoms. The summed E-state index contributed by atoms with van der Waals surface area (Å²) in [7, 11) is 0. The molecule has 3 atom stereocenters. The molecule has 0 radical (unpaired) electrons. The number of hydrogen-bond acceptors (Lipinski definition) is 9. The number of aryl methyl sites for hydroxylation is 1. The van der Waals surface area contributed by atoms with Crippen LogP contribution in [0.2, 0.25) is 0 Å². The average molecular weight is 413 g/mol. The highest BCUT2D eigenvalue weighted by Crippen LogP contribution is 2.39. The fraction of sp³-hybridized carbons (Fsp3) is 0.500. The van der Waals surface area contributed by atoms with Crippen LogP contribution in [0.25, 0.3) is 20.8 Å². The van der Waals surface area contributed by atoms with Gasteiger partial charge in [-0.1, -0.05) is 0 Å². The fourth-order valence-corrected chi connectivity index (χ4v) is 4.85. The summed E-state index contributed by atoms with van der Waals surface area (Å²) in [6.07, 6.45) is 6.20. The second-order valence-electron chi connectivity index (χ2n) is 8.15. The summed E-state index contributed by atoms with van der Waals surface area (Å²) in [4.78, 5) is 18.3. The van der Waals surface area contributed by atoms with E-state index in [4.69, 9.17) is 9.97 Å². The summed E-state index contributed by atoms with van der Waals surface area (Å²) in [5.41, 5.74) is 1.25. The second kappa shape index (κ2) is 6.86. The molecular formula is C20H24N6O2S. The first-order chi connectivity index (χ1) is 13.9. The van der Waals surface area contributed by atoms with Gasteiger partial charge in [0.15, 0.2) is 0 Å². The van der Waals surface area contributed by atoms with Crippen LogP contribution < -0.4 is 10.6 Å². The van der Waals surface area contributed by atoms with Crippen molar-refractivity contribution in [2.24, 2.45) is 0 Å². The monoisotopic (exact) mass is 412 g/mol. The Balaban J connectivity index is 1.58. The first-order valence-electron chi connectivity index (χ1n) is 9.95. The Labute approximate surface area is 172 Å². The number of aromatic nitrogens is 4. The number of anilines is 2. The standard InChI is InChI=1S/C20H24N6O2S/c1-10-16(18-24-12-9-21-8-7-13(12)29-18)17(26-19(22-10)23-11-3-4-11)25-14-5-6-15(27)20(14,2)28/h7-9,11,14-15,27-28H,3-6H2,1-2H3,(H2,22,23,25,26)/t14-,15-,20+/m1/s1. The number of rotatable bonds is 5. The minimum atomic E-state index is -1.22. The van der Waals surface area contributed by atoms with E-state index in [9.17, 15) is 10.2 Å². The fourth-order valence-electron chi connectivity index (χ4n) is 3.82. The molecule has 2 saturated carbocycles. The van der Waals surface area contributed by atoms with Crippen LogP contribution in [0.3, 0.4) is 0 Å². The lowest BCUT2D eigenvalue weighted by Gasteiger charge is -2.30. The molecule has 3 aromatic rings. The minimum absolute atomic E-state index is 0.310. The maximum absolute atomic E-state index is 10.8. The van der Waals surface area contributed by atoms with E-state index in [2.05, 4.69) is 20.6 Å². The van der Waals surface area contributed by atoms with Gasteiger partial charge < -0.3 is 20.8 Å². The van der Waals surface area contributed by atoms with Crippen LogP contribution in [0.1, 0.15) is 38.3 Å². The van der Waals surface area contributed by atoms with Crippen molar-refractivity contribution in [1.82, 2.24) is 19.9 Å². The number of hydrogen-bond donors (Lipinski definition) is 4. The van der Waals surface area contributed by atoms with Crippen molar-refractivity contribution in [2.45, 2.75) is 63.3 Å². The molecule has 8 nitrogen and oxygen atoms in total. The van der Waals surface area contributed by atoms with Gasteiger partial charge in [0.2, 0.25) is 5.95 Å². The highest BCUT2D eigenvalue weighted by molar-refractivity contribution is 7.21. The second-order valence-corrected chi connectivity index (χ2v) is 9.18. The third-order valence-electron chi connectivity index (χ3n) is 5.82. The quantitative estimate of drug-likeness (QED) is 0.505. The number of nitrogens with zero attached hydrogens (tertiary/aromatic N) is 4. The summed E-state index contributed by atoms with van der Waals surface area (Å²) in [5.74, 6) is 1.21. The van der Waals surface area contributed by atoms with Gasteiger partial charge in [0.1, 0.15) is 21.9 Å². The Morgan fingerprint density at radius 1 is 1.14 bits per heavy atom. The molecule has 3 aromatic heterocycles. The maximum Gasteiger partial charge on any atom is 0.225 e. The minimum Gasteiger partial charge on any atom is -0.390 e. The molecule has 0 amide bonds. The van der Waals surface area contributed by atoms with Gasteiger partial charge in [-0.3, -0.25) is 4.98 Å². The van der Waals surface area contributed by atoms with Crippen molar-refractivity contribution in [3.63, 3.8) is 0 Å². The smallest absolute Gasteiger partial charge is 0.225 e. The van der Waals surface area contributed by atoms with Gasteiger partial charge in [0.05, 0.1) is 34.3 Å². The zero-order chi connectivity index (χ0) is 20.2. The number of fused-ring (bicyclic) bond motifs is 1. The van der Waals surface area contributed by atoms with Crippen LogP contribution in [-0.2, 0) is 0 Å². The van der Waals surface area contributed by atoms with E-state index >= 15 is 0 Å². The summed E-state index contributed by atoms with van der Waals surface area (Å²) in [6, 6.07) is 2.06. The van der Waals surface area contributed by atoms with Crippen LogP contribution in [0, 0.1) is 6.92 Å². The number of aliphatic hydroxyl groups is 2. The molecule has 0 aromatic carbocycles. The van der Waals surface area contributed by atoms with E-state index in [1.807, 2.05) is 13.0 Å². The molecule has 5 rings (SSSR count). The Morgan fingerprint density at radius 2 is 1.97 bits per heavy atom. The highest BCUT2D eigenvalue weighted by atomic mass is 32.1. The predicted octanol–water partition coefficient (Wildman–Crippen LogP) is 2.72. The van der Waals surface area contributed by atoms with E-state index in [1.54, 1.807) is 30.7 Å². The predicted molar refractivity (Wildman–Crippen MR) is 113 cm³/mol. The summed E-state index contributed by atoms with van der Waals surface area (Å²) < 4.78 is 1.05. The topological polar surface area (TPSA) is 116 Å². The number of thiazole rings is 1. The van der Waals surface area contributed by atoms with E-state index < -0.39 is 11.7 Å². The first-order valence-corrected chi connectivity index (χ1v) is 10.8. The lowest BCUT2D eigenvalue weighted by molar-refractivity contribution is -0.0439. The average Bonchev–Trinajstić information content (AvgIpc) is 3.32. The maximum atomic E-state index is 10.8. The zero-order valence-electron chi connectivity index (χ0n) is 16.4. The Hall–Kier alpha value is -2.36. The molecule has 152 valence electrons. The number of pyridine rings is 1. The molecule has 0 saturated heterocycles. The molecule has 3 heterocycles. The zero-order valence-corrected chi connectivity index (χ0v) is 17.2. The van der Waals surface area contributed by atoms with E-state index in [1.165, 1.54) is 0 Å². The molecule has 0 aliphatic heterocycles. The van der Waals surface area contributed by atoms with Gasteiger partial charge in [-0.05, 0) is 45.6 Å². The van der Waals surface area contributed by atoms with Crippen molar-refractivity contribution in [3.05, 3.63) is 24.2 Å². The van der Waals surface area contributed by atoms with Gasteiger partial charge in [0, 0.05) is 12.2 Å². The van der Waals surface area contributed by atoms with Gasteiger partial charge in [-0.15, -0.1) is 11.3 Å². The van der Waals surface area contributed by atoms with Crippen LogP contribution in [0.4, 0.5) is 11.8 Å². The van der Waals surface area contributed by atoms with E-state index in [-0.39, 0.29) is 6.04 Å². The Bertz CT molecular complexity index is 1030. The van der Waals surface area contributed by atoms with Gasteiger partial charge in [0.25, 0.3) is 0 Å². The summed E-state index contributed by atoms with van der Waals surface area (Å²) in [5, 5.41) is 28.5. The molecule has 2 aliphatic carbocycles. The SMILES string of the molecule is Cc1nc(NC2CC2)nc(N[C@@H]2CC[C@@H](O)[C@@]2(C)O)c1-c1nc2cnccc2s1. The Kier molecular flexibility index (Phi) is 4.41. The Morgan fingerprint density at radius 3 is 2.66 bits per heavy atom. The molecule has 0 unspecified atom stereocenters. The van der Waals surface area contributed by atoms with Crippen molar-refractivity contribution >= 4 is 33.3 Å². The largest absolute Gasteiger partial charge is 0.390 e. The third kappa shape index (κ3) is 3.43. The van der Waals surface area contributed by atoms with E-state index in [0.717, 1.165) is 39.3 Å². The first kappa shape index (κ1) is 18.7. The molecular weight excluding hydrogens is 388 g/mol. The molecule has 29 heavy (non-hydrogen) atoms. The van der Waals surface area contributed by atoms with Gasteiger partial charge in [-0.2, -0.15) is 4.98 Å². The van der Waals surface area contributed by atoms with Crippen molar-refractivity contribution in [1.29, 1.82) is 0 Å².